The molecule has 0 saturated carbocycles. The van der Waals surface area contributed by atoms with Crippen LogP contribution in [-0.2, 0) is 66.2 Å². The number of ether oxygens (including phenoxy) is 4. The molecular formula is C40H55N9O16S. The highest BCUT2D eigenvalue weighted by atomic mass is 32.2. The number of piperidine rings is 1. The van der Waals surface area contributed by atoms with Crippen LogP contribution in [0.1, 0.15) is 84.5 Å². The molecule has 2 saturated heterocycles. The topological polar surface area (TPSA) is 342 Å². The standard InChI is InChI=1S/C40H55N9O16S/c1-22(2)19-27(35(53)43-28(39(57)66(59,60)61)20-24-9-11-41-34(24)52)44-40(58)65-21-29-23(3)48(47-46-29)12-14-63-16-18-64-17-15-62-13-10-32(51)42-26-6-4-5-25-33(26)38(56)49(37(25)55)30-7-8-31(50)45-36(30)54/h4-6,22,24,27-28,30,39,57H,7-21H2,1-3H3,(H,41,52)(H,42,51)(H,43,53)(H,44,58)(H,45,50,54)(H,59,60,61)/t24-,27-,28-,30?,39?/m0/s1. The van der Waals surface area contributed by atoms with Gasteiger partial charge in [-0.1, -0.05) is 25.1 Å². The predicted octanol–water partition coefficient (Wildman–Crippen LogP) is -1.08. The van der Waals surface area contributed by atoms with Crippen LogP contribution in [0.3, 0.4) is 0 Å². The third-order valence-corrected chi connectivity index (χ3v) is 11.8. The van der Waals surface area contributed by atoms with E-state index in [4.69, 9.17) is 18.9 Å². The number of rotatable bonds is 25. The number of carbonyl (C=O) groups is 8. The summed E-state index contributed by atoms with van der Waals surface area (Å²) in [5.74, 6) is -5.20. The number of imide groups is 2. The number of alkyl carbamates (subject to hydrolysis) is 1. The molecule has 0 spiro atoms. The summed E-state index contributed by atoms with van der Waals surface area (Å²) in [6.07, 6.45) is -0.902. The molecular weight excluding hydrogens is 895 g/mol. The number of nitrogens with one attached hydrogen (secondary N) is 5. The maximum absolute atomic E-state index is 13.3. The van der Waals surface area contributed by atoms with Gasteiger partial charge in [0.15, 0.2) is 0 Å². The lowest BCUT2D eigenvalue weighted by atomic mass is 9.97. The van der Waals surface area contributed by atoms with Gasteiger partial charge in [0.05, 0.1) is 81.2 Å². The zero-order chi connectivity index (χ0) is 48.1. The Hall–Kier alpha value is -5.93. The minimum absolute atomic E-state index is 0.00662. The van der Waals surface area contributed by atoms with E-state index in [0.29, 0.717) is 30.9 Å². The normalized spacial score (nSPS) is 18.7. The summed E-state index contributed by atoms with van der Waals surface area (Å²) < 4.78 is 56.4. The number of aromatic nitrogens is 3. The molecule has 1 aromatic heterocycles. The van der Waals surface area contributed by atoms with Gasteiger partial charge in [-0.25, -0.2) is 9.48 Å². The van der Waals surface area contributed by atoms with E-state index in [1.54, 1.807) is 25.5 Å². The molecule has 66 heavy (non-hydrogen) atoms. The molecule has 0 radical (unpaired) electrons. The summed E-state index contributed by atoms with van der Waals surface area (Å²) >= 11 is 0. The van der Waals surface area contributed by atoms with Crippen molar-refractivity contribution in [3.8, 4) is 0 Å². The largest absolute Gasteiger partial charge is 0.443 e. The Labute approximate surface area is 379 Å². The van der Waals surface area contributed by atoms with Crippen molar-refractivity contribution in [1.29, 1.82) is 0 Å². The monoisotopic (exact) mass is 949 g/mol. The number of anilines is 1. The number of benzene rings is 1. The van der Waals surface area contributed by atoms with Gasteiger partial charge in [0.1, 0.15) is 24.4 Å². The fraction of sp³-hybridized carbons (Fsp3) is 0.600. The molecule has 25 nitrogen and oxygen atoms in total. The Morgan fingerprint density at radius 3 is 2.29 bits per heavy atom. The zero-order valence-electron chi connectivity index (χ0n) is 36.6. The second-order valence-electron chi connectivity index (χ2n) is 16.1. The van der Waals surface area contributed by atoms with Gasteiger partial charge in [-0.2, -0.15) is 8.42 Å². The zero-order valence-corrected chi connectivity index (χ0v) is 37.4. The van der Waals surface area contributed by atoms with Crippen molar-refractivity contribution in [2.45, 2.75) is 96.0 Å². The first kappa shape index (κ1) is 51.1. The fourth-order valence-corrected chi connectivity index (χ4v) is 7.96. The van der Waals surface area contributed by atoms with Crippen LogP contribution in [0.15, 0.2) is 18.2 Å². The number of amides is 8. The lowest BCUT2D eigenvalue weighted by Gasteiger charge is -2.27. The maximum Gasteiger partial charge on any atom is 0.408 e. The Bertz CT molecular complexity index is 2250. The van der Waals surface area contributed by atoms with Crippen LogP contribution in [0.2, 0.25) is 0 Å². The van der Waals surface area contributed by atoms with Crippen LogP contribution < -0.4 is 26.6 Å². The number of hydrogen-bond donors (Lipinski definition) is 7. The third-order valence-electron chi connectivity index (χ3n) is 10.8. The molecule has 26 heteroatoms. The maximum atomic E-state index is 13.3. The molecule has 8 amide bonds. The van der Waals surface area contributed by atoms with Crippen molar-refractivity contribution in [2.24, 2.45) is 11.8 Å². The van der Waals surface area contributed by atoms with Crippen LogP contribution in [-0.4, -0.2) is 155 Å². The van der Waals surface area contributed by atoms with Gasteiger partial charge in [0.25, 0.3) is 21.9 Å². The van der Waals surface area contributed by atoms with Gasteiger partial charge in [-0.05, 0) is 50.7 Å². The molecule has 3 aliphatic rings. The molecule has 2 fully saturated rings. The Morgan fingerprint density at radius 2 is 1.64 bits per heavy atom. The van der Waals surface area contributed by atoms with Crippen LogP contribution in [0.4, 0.5) is 10.5 Å². The highest BCUT2D eigenvalue weighted by molar-refractivity contribution is 7.86. The smallest absolute Gasteiger partial charge is 0.408 e. The molecule has 5 rings (SSSR count). The summed E-state index contributed by atoms with van der Waals surface area (Å²) in [6.45, 7) is 6.76. The van der Waals surface area contributed by atoms with Crippen molar-refractivity contribution in [1.82, 2.24) is 41.2 Å². The number of hydrogen-bond acceptors (Lipinski definition) is 17. The summed E-state index contributed by atoms with van der Waals surface area (Å²) in [4.78, 5) is 102. The summed E-state index contributed by atoms with van der Waals surface area (Å²) in [6, 6.07) is 0.498. The summed E-state index contributed by atoms with van der Waals surface area (Å²) in [7, 11) is -5.02. The van der Waals surface area contributed by atoms with Gasteiger partial charge in [0, 0.05) is 18.9 Å². The molecule has 3 aliphatic heterocycles. The van der Waals surface area contributed by atoms with E-state index in [1.165, 1.54) is 18.2 Å². The van der Waals surface area contributed by atoms with E-state index in [2.05, 4.69) is 36.9 Å². The van der Waals surface area contributed by atoms with Crippen LogP contribution in [0.5, 0.6) is 0 Å². The van der Waals surface area contributed by atoms with Gasteiger partial charge in [-0.3, -0.25) is 48.3 Å². The minimum atomic E-state index is -5.02. The number of nitrogens with zero attached hydrogens (tertiary/aromatic N) is 4. The van der Waals surface area contributed by atoms with E-state index >= 15 is 0 Å². The van der Waals surface area contributed by atoms with E-state index in [-0.39, 0.29) is 107 Å². The average Bonchev–Trinajstić information content (AvgIpc) is 3.91. The lowest BCUT2D eigenvalue weighted by molar-refractivity contribution is -0.136. The molecule has 0 aliphatic carbocycles. The summed E-state index contributed by atoms with van der Waals surface area (Å²) in [5.41, 5.74) is -1.38. The van der Waals surface area contributed by atoms with Crippen molar-refractivity contribution in [2.75, 3.05) is 51.5 Å². The minimum Gasteiger partial charge on any atom is -0.443 e. The molecule has 4 heterocycles. The van der Waals surface area contributed by atoms with Crippen LogP contribution in [0.25, 0.3) is 0 Å². The van der Waals surface area contributed by atoms with Crippen molar-refractivity contribution >= 4 is 63.2 Å². The Morgan fingerprint density at radius 1 is 0.939 bits per heavy atom. The van der Waals surface area contributed by atoms with Crippen molar-refractivity contribution in [3.63, 3.8) is 0 Å². The highest BCUT2D eigenvalue weighted by Crippen LogP contribution is 2.32. The molecule has 2 aromatic rings. The first-order valence-corrected chi connectivity index (χ1v) is 22.8. The van der Waals surface area contributed by atoms with Crippen LogP contribution >= 0.6 is 0 Å². The van der Waals surface area contributed by atoms with Gasteiger partial charge in [-0.15, -0.1) is 5.10 Å². The second kappa shape index (κ2) is 23.5. The molecule has 1 aromatic carbocycles. The van der Waals surface area contributed by atoms with E-state index < -0.39 is 81.1 Å². The number of fused-ring (bicyclic) bond motifs is 1. The van der Waals surface area contributed by atoms with Gasteiger partial charge >= 0.3 is 6.09 Å². The lowest BCUT2D eigenvalue weighted by Crippen LogP contribution is -2.54. The van der Waals surface area contributed by atoms with Crippen LogP contribution in [0, 0.1) is 18.8 Å². The predicted molar refractivity (Wildman–Crippen MR) is 225 cm³/mol. The Kier molecular flexibility index (Phi) is 18.2. The average molecular weight is 950 g/mol. The van der Waals surface area contributed by atoms with E-state index in [9.17, 15) is 56.4 Å². The first-order valence-electron chi connectivity index (χ1n) is 21.3. The van der Waals surface area contributed by atoms with Gasteiger partial charge < -0.3 is 45.3 Å². The third kappa shape index (κ3) is 13.8. The number of aliphatic hydroxyl groups excluding tert-OH is 1. The first-order chi connectivity index (χ1) is 31.3. The fourth-order valence-electron chi connectivity index (χ4n) is 7.37. The quantitative estimate of drug-likeness (QED) is 0.0354. The second-order valence-corrected chi connectivity index (χ2v) is 17.6. The van der Waals surface area contributed by atoms with Crippen molar-refractivity contribution in [3.05, 3.63) is 40.7 Å². The van der Waals surface area contributed by atoms with Crippen molar-refractivity contribution < 1.29 is 75.4 Å². The molecule has 362 valence electrons. The SMILES string of the molecule is Cc1c(COC(=O)N[C@@H](CC(C)C)C(=O)N[C@@H](C[C@@H]2CCNC2=O)C(O)S(=O)(=O)O)nnn1CCOCCOCCOCCC(=O)Nc1cccc2c1C(=O)N(C1CCC(=O)NC1=O)C2=O. The molecule has 5 atom stereocenters. The molecule has 0 bridgehead atoms. The number of aliphatic hydroxyl groups is 1. The van der Waals surface area contributed by atoms with Gasteiger partial charge in [0.2, 0.25) is 35.0 Å². The molecule has 7 N–H and O–H groups in total. The van der Waals surface area contributed by atoms with E-state index in [0.717, 1.165) is 4.90 Å². The van der Waals surface area contributed by atoms with E-state index in [1.807, 2.05) is 0 Å². The summed E-state index contributed by atoms with van der Waals surface area (Å²) in [5, 5.41) is 30.6. The Balaban J connectivity index is 0.947. The molecule has 2 unspecified atom stereocenters. The number of carbonyl (C=O) groups excluding carboxylic acids is 8. The highest BCUT2D eigenvalue weighted by Gasteiger charge is 2.46.